The van der Waals surface area contributed by atoms with E-state index in [1.165, 1.54) is 29.2 Å². The summed E-state index contributed by atoms with van der Waals surface area (Å²) in [5.74, 6) is -0.947. The van der Waals surface area contributed by atoms with Gasteiger partial charge in [0.2, 0.25) is 11.8 Å². The molecule has 1 atom stereocenters. The van der Waals surface area contributed by atoms with Crippen LogP contribution in [0.4, 0.5) is 5.69 Å². The number of unbranched alkanes of at least 4 members (excludes halogenated alkanes) is 1. The molecule has 11 heteroatoms. The molecule has 1 unspecified atom stereocenters. The maximum absolute atomic E-state index is 14.5. The lowest BCUT2D eigenvalue weighted by Gasteiger charge is -2.34. The highest BCUT2D eigenvalue weighted by atomic mass is 35.5. The number of halogens is 3. The van der Waals surface area contributed by atoms with Crippen molar-refractivity contribution in [3.05, 3.63) is 129 Å². The van der Waals surface area contributed by atoms with E-state index in [0.717, 1.165) is 22.7 Å². The lowest BCUT2D eigenvalue weighted by atomic mass is 10.0. The van der Waals surface area contributed by atoms with Crippen molar-refractivity contribution in [2.75, 3.05) is 17.4 Å². The second kappa shape index (κ2) is 16.1. The third-order valence-electron chi connectivity index (χ3n) is 7.18. The topological polar surface area (TPSA) is 86.8 Å². The second-order valence-electron chi connectivity index (χ2n) is 10.4. The van der Waals surface area contributed by atoms with Gasteiger partial charge in [-0.3, -0.25) is 13.9 Å². The van der Waals surface area contributed by atoms with Crippen LogP contribution in [0.5, 0.6) is 0 Å². The van der Waals surface area contributed by atoms with Crippen LogP contribution >= 0.6 is 34.8 Å². The minimum absolute atomic E-state index is 0.0122. The maximum Gasteiger partial charge on any atom is 0.264 e. The fourth-order valence-electron chi connectivity index (χ4n) is 4.75. The van der Waals surface area contributed by atoms with Gasteiger partial charge in [0, 0.05) is 34.6 Å². The van der Waals surface area contributed by atoms with Crippen molar-refractivity contribution < 1.29 is 18.0 Å². The third-order valence-corrected chi connectivity index (χ3v) is 9.81. The van der Waals surface area contributed by atoms with Gasteiger partial charge < -0.3 is 10.2 Å². The Morgan fingerprint density at radius 2 is 1.44 bits per heavy atom. The zero-order valence-corrected chi connectivity index (χ0v) is 27.8. The van der Waals surface area contributed by atoms with Crippen molar-refractivity contribution in [1.82, 2.24) is 10.2 Å². The zero-order valence-electron chi connectivity index (χ0n) is 24.7. The highest BCUT2D eigenvalue weighted by Crippen LogP contribution is 2.28. The lowest BCUT2D eigenvalue weighted by molar-refractivity contribution is -0.140. The third kappa shape index (κ3) is 9.23. The number of carbonyl (C=O) groups is 2. The fraction of sp³-hybridized carbons (Fsp3) is 0.235. The van der Waals surface area contributed by atoms with Crippen LogP contribution in [-0.2, 0) is 32.6 Å². The molecule has 4 aromatic carbocycles. The minimum Gasteiger partial charge on any atom is -0.354 e. The van der Waals surface area contributed by atoms with Crippen LogP contribution in [0.2, 0.25) is 15.1 Å². The first-order chi connectivity index (χ1) is 21.6. The van der Waals surface area contributed by atoms with Crippen molar-refractivity contribution in [2.45, 2.75) is 43.7 Å². The standard InChI is InChI=1S/C34H34Cl3N3O4S/c1-2-3-20-38-34(42)32(21-25-10-6-4-7-11-25)39(23-26-14-15-28(36)22-31(26)37)33(41)24-40(29-18-16-27(35)17-19-29)45(43,44)30-12-8-5-9-13-30/h4-19,22,32H,2-3,20-21,23-24H2,1H3,(H,38,42). The second-order valence-corrected chi connectivity index (χ2v) is 13.6. The van der Waals surface area contributed by atoms with Crippen LogP contribution in [-0.4, -0.2) is 44.3 Å². The number of benzene rings is 4. The normalized spacial score (nSPS) is 11.9. The number of anilines is 1. The number of carbonyl (C=O) groups excluding carboxylic acids is 2. The van der Waals surface area contributed by atoms with E-state index in [0.29, 0.717) is 27.2 Å². The number of sulfonamides is 1. The molecule has 0 fully saturated rings. The monoisotopic (exact) mass is 685 g/mol. The summed E-state index contributed by atoms with van der Waals surface area (Å²) in [4.78, 5) is 29.7. The summed E-state index contributed by atoms with van der Waals surface area (Å²) in [7, 11) is -4.21. The molecule has 4 rings (SSSR count). The summed E-state index contributed by atoms with van der Waals surface area (Å²) in [6, 6.07) is 27.3. The van der Waals surface area contributed by atoms with Gasteiger partial charge in [0.15, 0.2) is 0 Å². The number of amides is 2. The molecule has 0 saturated carbocycles. The van der Waals surface area contributed by atoms with Gasteiger partial charge in [0.1, 0.15) is 12.6 Å². The first-order valence-corrected chi connectivity index (χ1v) is 17.1. The summed E-state index contributed by atoms with van der Waals surface area (Å²) in [5, 5.41) is 4.11. The average molecular weight is 687 g/mol. The predicted molar refractivity (Wildman–Crippen MR) is 181 cm³/mol. The first kappa shape index (κ1) is 34.3. The van der Waals surface area contributed by atoms with E-state index >= 15 is 0 Å². The molecule has 0 bridgehead atoms. The van der Waals surface area contributed by atoms with Crippen LogP contribution in [0.3, 0.4) is 0 Å². The molecule has 0 radical (unpaired) electrons. The number of rotatable bonds is 14. The van der Waals surface area contributed by atoms with Crippen molar-refractivity contribution >= 4 is 62.3 Å². The number of nitrogens with one attached hydrogen (secondary N) is 1. The van der Waals surface area contributed by atoms with Crippen LogP contribution in [0.25, 0.3) is 0 Å². The number of hydrogen-bond acceptors (Lipinski definition) is 4. The van der Waals surface area contributed by atoms with E-state index in [-0.39, 0.29) is 29.5 Å². The van der Waals surface area contributed by atoms with E-state index in [2.05, 4.69) is 5.32 Å². The van der Waals surface area contributed by atoms with E-state index in [4.69, 9.17) is 34.8 Å². The molecule has 0 saturated heterocycles. The summed E-state index contributed by atoms with van der Waals surface area (Å²) >= 11 is 18.8. The molecule has 4 aromatic rings. The van der Waals surface area contributed by atoms with Gasteiger partial charge >= 0.3 is 0 Å². The average Bonchev–Trinajstić information content (AvgIpc) is 3.03. The highest BCUT2D eigenvalue weighted by Gasteiger charge is 2.34. The smallest absolute Gasteiger partial charge is 0.264 e. The highest BCUT2D eigenvalue weighted by molar-refractivity contribution is 7.92. The van der Waals surface area contributed by atoms with Gasteiger partial charge in [0.25, 0.3) is 10.0 Å². The Morgan fingerprint density at radius 3 is 2.07 bits per heavy atom. The van der Waals surface area contributed by atoms with Crippen molar-refractivity contribution in [3.63, 3.8) is 0 Å². The zero-order chi connectivity index (χ0) is 32.4. The Balaban J connectivity index is 1.80. The SMILES string of the molecule is CCCCNC(=O)C(Cc1ccccc1)N(Cc1ccc(Cl)cc1Cl)C(=O)CN(c1ccc(Cl)cc1)S(=O)(=O)c1ccccc1. The van der Waals surface area contributed by atoms with Gasteiger partial charge in [-0.1, -0.05) is 103 Å². The maximum atomic E-state index is 14.5. The van der Waals surface area contributed by atoms with Crippen molar-refractivity contribution in [2.24, 2.45) is 0 Å². The molecule has 7 nitrogen and oxygen atoms in total. The van der Waals surface area contributed by atoms with Crippen LogP contribution in [0.15, 0.2) is 108 Å². The predicted octanol–water partition coefficient (Wildman–Crippen LogP) is 7.40. The molecule has 0 spiro atoms. The molecular weight excluding hydrogens is 653 g/mol. The minimum atomic E-state index is -4.21. The van der Waals surface area contributed by atoms with Crippen LogP contribution in [0, 0.1) is 0 Å². The number of nitrogens with zero attached hydrogens (tertiary/aromatic N) is 2. The quantitative estimate of drug-likeness (QED) is 0.140. The molecular formula is C34H34Cl3N3O4S. The first-order valence-electron chi connectivity index (χ1n) is 14.5. The molecule has 0 aromatic heterocycles. The van der Waals surface area contributed by atoms with Crippen molar-refractivity contribution in [3.8, 4) is 0 Å². The summed E-state index contributed by atoms with van der Waals surface area (Å²) in [5.41, 5.74) is 1.63. The molecule has 0 aliphatic rings. The lowest BCUT2D eigenvalue weighted by Crippen LogP contribution is -2.53. The number of hydrogen-bond donors (Lipinski definition) is 1. The Kier molecular flexibility index (Phi) is 12.3. The Bertz CT molecular complexity index is 1690. The Morgan fingerprint density at radius 1 is 0.822 bits per heavy atom. The Hall–Kier alpha value is -3.56. The molecule has 0 aliphatic carbocycles. The van der Waals surface area contributed by atoms with Gasteiger partial charge in [-0.15, -0.1) is 0 Å². The summed E-state index contributed by atoms with van der Waals surface area (Å²) in [6.45, 7) is 1.80. The Labute approximate surface area is 279 Å². The van der Waals surface area contributed by atoms with E-state index < -0.39 is 28.5 Å². The van der Waals surface area contributed by atoms with Crippen molar-refractivity contribution in [1.29, 1.82) is 0 Å². The summed E-state index contributed by atoms with van der Waals surface area (Å²) < 4.78 is 29.0. The molecule has 0 aliphatic heterocycles. The van der Waals surface area contributed by atoms with Gasteiger partial charge in [-0.2, -0.15) is 0 Å². The van der Waals surface area contributed by atoms with Crippen LogP contribution in [0.1, 0.15) is 30.9 Å². The molecule has 1 N–H and O–H groups in total. The molecule has 45 heavy (non-hydrogen) atoms. The van der Waals surface area contributed by atoms with Crippen LogP contribution < -0.4 is 9.62 Å². The molecule has 236 valence electrons. The van der Waals surface area contributed by atoms with E-state index in [9.17, 15) is 18.0 Å². The van der Waals surface area contributed by atoms with Gasteiger partial charge in [-0.25, -0.2) is 8.42 Å². The molecule has 0 heterocycles. The van der Waals surface area contributed by atoms with Gasteiger partial charge in [0.05, 0.1) is 10.6 Å². The van der Waals surface area contributed by atoms with E-state index in [1.54, 1.807) is 48.5 Å². The van der Waals surface area contributed by atoms with Gasteiger partial charge in [-0.05, 0) is 66.1 Å². The summed E-state index contributed by atoms with van der Waals surface area (Å²) in [6.07, 6.45) is 1.84. The largest absolute Gasteiger partial charge is 0.354 e. The molecule has 2 amide bonds. The van der Waals surface area contributed by atoms with E-state index in [1.807, 2.05) is 37.3 Å². The fourth-order valence-corrected chi connectivity index (χ4v) is 6.78.